The Kier molecular flexibility index (Phi) is 9.59. The first-order valence-electron chi connectivity index (χ1n) is 21.6. The summed E-state index contributed by atoms with van der Waals surface area (Å²) in [4.78, 5) is 4.72. The minimum absolute atomic E-state index is 1.11. The monoisotopic (exact) mass is 852 g/mol. The molecule has 302 valence electrons. The number of rotatable bonds is 9. The largest absolute Gasteiger partial charge is 0.310 e. The molecule has 0 aliphatic rings. The maximum atomic E-state index is 2.36. The van der Waals surface area contributed by atoms with Crippen LogP contribution in [0.1, 0.15) is 0 Å². The van der Waals surface area contributed by atoms with Gasteiger partial charge in [-0.2, -0.15) is 0 Å². The molecule has 2 heterocycles. The van der Waals surface area contributed by atoms with Crippen LogP contribution in [-0.4, -0.2) is 0 Å². The number of thiophene rings is 2. The van der Waals surface area contributed by atoms with Gasteiger partial charge in [0.25, 0.3) is 0 Å². The van der Waals surface area contributed by atoms with Gasteiger partial charge in [-0.25, -0.2) is 0 Å². The topological polar surface area (TPSA) is 6.48 Å². The quantitative estimate of drug-likeness (QED) is 0.143. The molecule has 0 radical (unpaired) electrons. The molecule has 0 bridgehead atoms. The Labute approximate surface area is 380 Å². The van der Waals surface area contributed by atoms with Gasteiger partial charge in [0.15, 0.2) is 0 Å². The molecule has 0 fully saturated rings. The average Bonchev–Trinajstić information content (AvgIpc) is 3.93. The number of hydrogen-bond donors (Lipinski definition) is 0. The molecule has 0 N–H and O–H groups in total. The molecule has 0 aliphatic carbocycles. The number of hydrogen-bond acceptors (Lipinski definition) is 4. The van der Waals surface area contributed by atoms with E-state index >= 15 is 0 Å². The Morgan fingerprint density at radius 3 is 0.938 bits per heavy atom. The van der Waals surface area contributed by atoms with Gasteiger partial charge in [-0.1, -0.05) is 140 Å². The fraction of sp³-hybridized carbons (Fsp3) is 0. The lowest BCUT2D eigenvalue weighted by atomic mass is 9.93. The number of anilines is 6. The molecule has 0 unspecified atom stereocenters. The average molecular weight is 853 g/mol. The van der Waals surface area contributed by atoms with Crippen molar-refractivity contribution in [2.45, 2.75) is 0 Å². The van der Waals surface area contributed by atoms with E-state index in [1.807, 2.05) is 22.7 Å². The zero-order chi connectivity index (χ0) is 42.4. The lowest BCUT2D eigenvalue weighted by Gasteiger charge is -2.26. The normalized spacial score (nSPS) is 11.4. The van der Waals surface area contributed by atoms with Crippen LogP contribution in [0.15, 0.2) is 243 Å². The first kappa shape index (κ1) is 38.0. The van der Waals surface area contributed by atoms with Crippen molar-refractivity contribution in [3.8, 4) is 33.4 Å². The Morgan fingerprint density at radius 2 is 0.516 bits per heavy atom. The second-order valence-corrected chi connectivity index (χ2v) is 18.3. The van der Waals surface area contributed by atoms with Crippen molar-refractivity contribution in [1.82, 2.24) is 0 Å². The van der Waals surface area contributed by atoms with Crippen molar-refractivity contribution in [2.75, 3.05) is 9.80 Å². The summed E-state index contributed by atoms with van der Waals surface area (Å²) >= 11 is 3.71. The molecule has 0 amide bonds. The van der Waals surface area contributed by atoms with E-state index in [1.54, 1.807) is 0 Å². The maximum absolute atomic E-state index is 2.36. The number of benzene rings is 10. The van der Waals surface area contributed by atoms with Crippen molar-refractivity contribution >= 4 is 97.1 Å². The van der Waals surface area contributed by atoms with Gasteiger partial charge >= 0.3 is 0 Å². The zero-order valence-corrected chi connectivity index (χ0v) is 36.4. The molecule has 4 heteroatoms. The van der Waals surface area contributed by atoms with E-state index in [0.29, 0.717) is 0 Å². The van der Waals surface area contributed by atoms with E-state index in [1.165, 1.54) is 73.7 Å². The minimum Gasteiger partial charge on any atom is -0.310 e. The summed E-state index contributed by atoms with van der Waals surface area (Å²) in [5.74, 6) is 0. The second-order valence-electron chi connectivity index (χ2n) is 16.2. The molecule has 2 nitrogen and oxygen atoms in total. The predicted molar refractivity (Wildman–Crippen MR) is 278 cm³/mol. The van der Waals surface area contributed by atoms with Crippen LogP contribution in [0, 0.1) is 0 Å². The molecule has 0 saturated heterocycles. The van der Waals surface area contributed by atoms with E-state index in [4.69, 9.17) is 0 Å². The highest BCUT2D eigenvalue weighted by atomic mass is 32.1. The molecule has 64 heavy (non-hydrogen) atoms. The van der Waals surface area contributed by atoms with Crippen LogP contribution in [0.3, 0.4) is 0 Å². The number of para-hydroxylation sites is 2. The van der Waals surface area contributed by atoms with Gasteiger partial charge in [0.2, 0.25) is 0 Å². The minimum atomic E-state index is 1.11. The molecule has 0 atom stereocenters. The SMILES string of the molecule is c1ccc(-c2cc(-c3ccc(N(c4ccccc4)c4ccc5c(c4)sc4ccccc45)cc3)cc(-c3ccc(N(c4ccccc4)c4ccc5c(c4)sc4ccccc45)cc3)c2)cc1. The highest BCUT2D eigenvalue weighted by Gasteiger charge is 2.18. The van der Waals surface area contributed by atoms with Crippen LogP contribution in [0.25, 0.3) is 73.7 Å². The Balaban J connectivity index is 0.915. The van der Waals surface area contributed by atoms with Gasteiger partial charge in [0.1, 0.15) is 0 Å². The third-order valence-corrected chi connectivity index (χ3v) is 14.5. The van der Waals surface area contributed by atoms with Crippen molar-refractivity contribution in [3.63, 3.8) is 0 Å². The predicted octanol–water partition coefficient (Wildman–Crippen LogP) is 18.4. The number of fused-ring (bicyclic) bond motifs is 6. The van der Waals surface area contributed by atoms with Crippen LogP contribution in [0.5, 0.6) is 0 Å². The van der Waals surface area contributed by atoms with Crippen LogP contribution >= 0.6 is 22.7 Å². The molecule has 0 aliphatic heterocycles. The molecule has 2 aromatic heterocycles. The molecule has 12 rings (SSSR count). The molecule has 10 aromatic carbocycles. The van der Waals surface area contributed by atoms with E-state index in [9.17, 15) is 0 Å². The van der Waals surface area contributed by atoms with Gasteiger partial charge in [0, 0.05) is 74.5 Å². The van der Waals surface area contributed by atoms with Gasteiger partial charge in [-0.15, -0.1) is 22.7 Å². The van der Waals surface area contributed by atoms with Gasteiger partial charge in [-0.05, 0) is 137 Å². The smallest absolute Gasteiger partial charge is 0.0476 e. The van der Waals surface area contributed by atoms with Crippen molar-refractivity contribution in [2.24, 2.45) is 0 Å². The zero-order valence-electron chi connectivity index (χ0n) is 34.8. The summed E-state index contributed by atoms with van der Waals surface area (Å²) in [7, 11) is 0. The highest BCUT2D eigenvalue weighted by molar-refractivity contribution is 7.26. The fourth-order valence-corrected chi connectivity index (χ4v) is 11.4. The van der Waals surface area contributed by atoms with E-state index in [-0.39, 0.29) is 0 Å². The highest BCUT2D eigenvalue weighted by Crippen LogP contribution is 2.43. The Hall–Kier alpha value is -7.76. The Morgan fingerprint density at radius 1 is 0.203 bits per heavy atom. The fourth-order valence-electron chi connectivity index (χ4n) is 9.12. The summed E-state index contributed by atoms with van der Waals surface area (Å²) in [5, 5.41) is 5.23. The molecular formula is C60H40N2S2. The van der Waals surface area contributed by atoms with Crippen molar-refractivity contribution in [1.29, 1.82) is 0 Å². The van der Waals surface area contributed by atoms with E-state index in [0.717, 1.165) is 34.1 Å². The third-order valence-electron chi connectivity index (χ3n) is 12.2. The van der Waals surface area contributed by atoms with E-state index in [2.05, 4.69) is 252 Å². The van der Waals surface area contributed by atoms with Gasteiger partial charge < -0.3 is 9.80 Å². The first-order chi connectivity index (χ1) is 31.7. The first-order valence-corrected chi connectivity index (χ1v) is 23.3. The standard InChI is InChI=1S/C60H40N2S2/c1-4-14-41(15-5-1)44-36-45(42-24-28-49(29-25-42)61(47-16-6-2-7-17-47)51-32-34-55-53-20-10-12-22-57(53)63-59(55)39-51)38-46(37-44)43-26-30-50(31-27-43)62(48-18-8-3-9-19-48)52-33-35-56-54-21-11-13-23-58(54)64-60(56)40-52/h1-40H. The van der Waals surface area contributed by atoms with Crippen LogP contribution < -0.4 is 9.80 Å². The second kappa shape index (κ2) is 16.2. The maximum Gasteiger partial charge on any atom is 0.0476 e. The van der Waals surface area contributed by atoms with Gasteiger partial charge in [0.05, 0.1) is 0 Å². The van der Waals surface area contributed by atoms with Crippen molar-refractivity contribution < 1.29 is 0 Å². The summed E-state index contributed by atoms with van der Waals surface area (Å²) in [6.45, 7) is 0. The number of nitrogens with zero attached hydrogens (tertiary/aromatic N) is 2. The van der Waals surface area contributed by atoms with Crippen LogP contribution in [0.2, 0.25) is 0 Å². The van der Waals surface area contributed by atoms with Gasteiger partial charge in [-0.3, -0.25) is 0 Å². The Bertz CT molecular complexity index is 3380. The summed E-state index contributed by atoms with van der Waals surface area (Å²) in [6.07, 6.45) is 0. The van der Waals surface area contributed by atoms with Crippen molar-refractivity contribution in [3.05, 3.63) is 243 Å². The summed E-state index contributed by atoms with van der Waals surface area (Å²) < 4.78 is 5.20. The molecular weight excluding hydrogens is 813 g/mol. The molecule has 12 aromatic rings. The van der Waals surface area contributed by atoms with E-state index < -0.39 is 0 Å². The molecule has 0 spiro atoms. The lowest BCUT2D eigenvalue weighted by Crippen LogP contribution is -2.09. The summed E-state index contributed by atoms with van der Waals surface area (Å²) in [5.41, 5.74) is 13.8. The van der Waals surface area contributed by atoms with Crippen LogP contribution in [-0.2, 0) is 0 Å². The van der Waals surface area contributed by atoms with Crippen LogP contribution in [0.4, 0.5) is 34.1 Å². The summed E-state index contributed by atoms with van der Waals surface area (Å²) in [6, 6.07) is 88.3. The third kappa shape index (κ3) is 7.00. The lowest BCUT2D eigenvalue weighted by molar-refractivity contribution is 1.29. The molecule has 0 saturated carbocycles.